The lowest BCUT2D eigenvalue weighted by atomic mass is 10.1. The number of rotatable bonds is 2. The molecule has 0 aliphatic rings. The molecule has 2 rings (SSSR count). The van der Waals surface area contributed by atoms with Crippen molar-refractivity contribution in [3.05, 3.63) is 35.7 Å². The highest BCUT2D eigenvalue weighted by Crippen LogP contribution is 2.19. The molecule has 0 saturated heterocycles. The van der Waals surface area contributed by atoms with Crippen LogP contribution in [-0.2, 0) is 6.54 Å². The molecule has 0 fully saturated rings. The van der Waals surface area contributed by atoms with Crippen molar-refractivity contribution >= 4 is 0 Å². The first kappa shape index (κ1) is 9.90. The average Bonchev–Trinajstić information content (AvgIpc) is 2.70. The van der Waals surface area contributed by atoms with Crippen molar-refractivity contribution in [1.29, 1.82) is 0 Å². The summed E-state index contributed by atoms with van der Waals surface area (Å²) in [5.74, 6) is 0.945. The number of aromatic nitrogens is 3. The molecule has 0 aliphatic heterocycles. The van der Waals surface area contributed by atoms with Crippen LogP contribution in [0.3, 0.4) is 0 Å². The number of hydrogen-bond acceptors (Lipinski definition) is 2. The van der Waals surface area contributed by atoms with Gasteiger partial charge in [-0.25, -0.2) is 0 Å². The van der Waals surface area contributed by atoms with Crippen molar-refractivity contribution in [2.24, 2.45) is 0 Å². The Labute approximate surface area is 89.8 Å². The maximum absolute atomic E-state index is 4.14. The molecule has 0 bridgehead atoms. The van der Waals surface area contributed by atoms with Crippen LogP contribution in [0.1, 0.15) is 18.1 Å². The third kappa shape index (κ3) is 1.77. The molecular weight excluding hydrogens is 186 g/mol. The molecular formula is C12H15N3. The summed E-state index contributed by atoms with van der Waals surface area (Å²) in [6, 6.07) is 6.38. The van der Waals surface area contributed by atoms with Crippen LogP contribution in [0.4, 0.5) is 0 Å². The Hall–Kier alpha value is -1.64. The van der Waals surface area contributed by atoms with Gasteiger partial charge in [0.25, 0.3) is 0 Å². The van der Waals surface area contributed by atoms with Gasteiger partial charge in [-0.3, -0.25) is 0 Å². The minimum absolute atomic E-state index is 0.898. The lowest BCUT2D eigenvalue weighted by molar-refractivity contribution is 0.767. The van der Waals surface area contributed by atoms with Crippen LogP contribution >= 0.6 is 0 Å². The molecule has 1 aromatic carbocycles. The third-order valence-corrected chi connectivity index (χ3v) is 2.72. The van der Waals surface area contributed by atoms with Crippen molar-refractivity contribution in [2.45, 2.75) is 27.3 Å². The zero-order valence-electron chi connectivity index (χ0n) is 9.36. The van der Waals surface area contributed by atoms with Crippen LogP contribution in [0.2, 0.25) is 0 Å². The Morgan fingerprint density at radius 1 is 1.20 bits per heavy atom. The number of hydrogen-bond donors (Lipinski definition) is 0. The van der Waals surface area contributed by atoms with Gasteiger partial charge in [0.15, 0.2) is 5.82 Å². The smallest absolute Gasteiger partial charge is 0.163 e. The average molecular weight is 201 g/mol. The van der Waals surface area contributed by atoms with E-state index in [0.717, 1.165) is 17.9 Å². The fourth-order valence-corrected chi connectivity index (χ4v) is 1.59. The normalized spacial score (nSPS) is 10.6. The zero-order valence-corrected chi connectivity index (χ0v) is 9.36. The third-order valence-electron chi connectivity index (χ3n) is 2.72. The van der Waals surface area contributed by atoms with Crippen LogP contribution in [0.25, 0.3) is 11.4 Å². The summed E-state index contributed by atoms with van der Waals surface area (Å²) in [5, 5.41) is 8.08. The van der Waals surface area contributed by atoms with Gasteiger partial charge in [0.2, 0.25) is 0 Å². The zero-order chi connectivity index (χ0) is 10.8. The van der Waals surface area contributed by atoms with E-state index in [4.69, 9.17) is 0 Å². The fourth-order valence-electron chi connectivity index (χ4n) is 1.59. The second-order valence-corrected chi connectivity index (χ2v) is 3.74. The Bertz CT molecular complexity index is 471. The van der Waals surface area contributed by atoms with Gasteiger partial charge in [-0.2, -0.15) is 0 Å². The largest absolute Gasteiger partial charge is 0.314 e. The van der Waals surface area contributed by atoms with Gasteiger partial charge >= 0.3 is 0 Å². The monoisotopic (exact) mass is 201 g/mol. The van der Waals surface area contributed by atoms with E-state index in [9.17, 15) is 0 Å². The molecule has 0 unspecified atom stereocenters. The lowest BCUT2D eigenvalue weighted by Crippen LogP contribution is -1.96. The summed E-state index contributed by atoms with van der Waals surface area (Å²) in [5.41, 5.74) is 3.73. The van der Waals surface area contributed by atoms with E-state index >= 15 is 0 Å². The summed E-state index contributed by atoms with van der Waals surface area (Å²) in [4.78, 5) is 0. The van der Waals surface area contributed by atoms with E-state index in [0.29, 0.717) is 0 Å². The van der Waals surface area contributed by atoms with Gasteiger partial charge in [-0.15, -0.1) is 10.2 Å². The van der Waals surface area contributed by atoms with E-state index in [2.05, 4.69) is 49.2 Å². The molecule has 0 atom stereocenters. The second kappa shape index (κ2) is 3.85. The first-order chi connectivity index (χ1) is 7.22. The Morgan fingerprint density at radius 3 is 2.67 bits per heavy atom. The molecule has 0 saturated carbocycles. The minimum atomic E-state index is 0.898. The Kier molecular flexibility index (Phi) is 2.54. The van der Waals surface area contributed by atoms with Gasteiger partial charge in [-0.1, -0.05) is 12.1 Å². The topological polar surface area (TPSA) is 30.7 Å². The molecule has 0 radical (unpaired) electrons. The van der Waals surface area contributed by atoms with Crippen LogP contribution in [-0.4, -0.2) is 14.8 Å². The maximum Gasteiger partial charge on any atom is 0.163 e. The summed E-state index contributed by atoms with van der Waals surface area (Å²) >= 11 is 0. The van der Waals surface area contributed by atoms with E-state index in [-0.39, 0.29) is 0 Å². The second-order valence-electron chi connectivity index (χ2n) is 3.74. The predicted octanol–water partition coefficient (Wildman–Crippen LogP) is 2.58. The summed E-state index contributed by atoms with van der Waals surface area (Å²) in [6.45, 7) is 7.22. The molecule has 78 valence electrons. The van der Waals surface area contributed by atoms with Crippen molar-refractivity contribution in [3.63, 3.8) is 0 Å². The molecule has 3 heteroatoms. The van der Waals surface area contributed by atoms with Crippen molar-refractivity contribution in [2.75, 3.05) is 0 Å². The highest BCUT2D eigenvalue weighted by Gasteiger charge is 2.06. The molecule has 15 heavy (non-hydrogen) atoms. The summed E-state index contributed by atoms with van der Waals surface area (Å²) in [6.07, 6.45) is 1.77. The quantitative estimate of drug-likeness (QED) is 0.747. The van der Waals surface area contributed by atoms with Crippen LogP contribution < -0.4 is 0 Å². The van der Waals surface area contributed by atoms with Gasteiger partial charge in [0.1, 0.15) is 6.33 Å². The first-order valence-corrected chi connectivity index (χ1v) is 5.17. The van der Waals surface area contributed by atoms with Crippen molar-refractivity contribution in [1.82, 2.24) is 14.8 Å². The number of nitrogens with zero attached hydrogens (tertiary/aromatic N) is 3. The highest BCUT2D eigenvalue weighted by molar-refractivity contribution is 5.57. The Balaban J connectivity index is 2.50. The van der Waals surface area contributed by atoms with Crippen LogP contribution in [0, 0.1) is 13.8 Å². The van der Waals surface area contributed by atoms with Crippen LogP contribution in [0.5, 0.6) is 0 Å². The predicted molar refractivity (Wildman–Crippen MR) is 60.6 cm³/mol. The van der Waals surface area contributed by atoms with E-state index in [1.165, 1.54) is 11.1 Å². The molecule has 2 aromatic rings. The lowest BCUT2D eigenvalue weighted by Gasteiger charge is -2.05. The molecule has 1 heterocycles. The van der Waals surface area contributed by atoms with E-state index in [1.54, 1.807) is 6.33 Å². The van der Waals surface area contributed by atoms with Gasteiger partial charge < -0.3 is 4.57 Å². The summed E-state index contributed by atoms with van der Waals surface area (Å²) < 4.78 is 2.05. The fraction of sp³-hybridized carbons (Fsp3) is 0.333. The minimum Gasteiger partial charge on any atom is -0.314 e. The molecule has 3 nitrogen and oxygen atoms in total. The van der Waals surface area contributed by atoms with Gasteiger partial charge in [-0.05, 0) is 38.0 Å². The molecule has 1 aromatic heterocycles. The van der Waals surface area contributed by atoms with E-state index < -0.39 is 0 Å². The first-order valence-electron chi connectivity index (χ1n) is 5.17. The van der Waals surface area contributed by atoms with Crippen LogP contribution in [0.15, 0.2) is 24.5 Å². The number of benzene rings is 1. The van der Waals surface area contributed by atoms with Gasteiger partial charge in [0, 0.05) is 12.1 Å². The maximum atomic E-state index is 4.14. The van der Waals surface area contributed by atoms with E-state index in [1.807, 2.05) is 4.57 Å². The standard InChI is InChI=1S/C12H15N3/c1-4-15-8-13-14-12(15)11-6-5-9(2)10(3)7-11/h5-8H,4H2,1-3H3. The molecule has 0 aliphatic carbocycles. The molecule has 0 N–H and O–H groups in total. The molecule has 0 amide bonds. The van der Waals surface area contributed by atoms with Crippen molar-refractivity contribution < 1.29 is 0 Å². The SMILES string of the molecule is CCn1cnnc1-c1ccc(C)c(C)c1. The summed E-state index contributed by atoms with van der Waals surface area (Å²) in [7, 11) is 0. The highest BCUT2D eigenvalue weighted by atomic mass is 15.3. The Morgan fingerprint density at radius 2 is 2.00 bits per heavy atom. The van der Waals surface area contributed by atoms with Gasteiger partial charge in [0.05, 0.1) is 0 Å². The molecule has 0 spiro atoms. The van der Waals surface area contributed by atoms with Crippen molar-refractivity contribution in [3.8, 4) is 11.4 Å². The number of aryl methyl sites for hydroxylation is 3.